The van der Waals surface area contributed by atoms with Gasteiger partial charge in [-0.25, -0.2) is 4.79 Å². The summed E-state index contributed by atoms with van der Waals surface area (Å²) in [5.74, 6) is 0. The molecule has 2 unspecified atom stereocenters. The Morgan fingerprint density at radius 3 is 2.64 bits per heavy atom. The SMILES string of the molecule is O=C(O)N(Cc1ccccc1)C1CCCC(n2cnnc2)C1. The van der Waals surface area contributed by atoms with Crippen molar-refractivity contribution in [1.29, 1.82) is 0 Å². The van der Waals surface area contributed by atoms with Crippen molar-refractivity contribution in [3.63, 3.8) is 0 Å². The van der Waals surface area contributed by atoms with E-state index in [-0.39, 0.29) is 12.1 Å². The van der Waals surface area contributed by atoms with Gasteiger partial charge in [-0.05, 0) is 31.2 Å². The largest absolute Gasteiger partial charge is 0.465 e. The van der Waals surface area contributed by atoms with E-state index in [9.17, 15) is 9.90 Å². The van der Waals surface area contributed by atoms with Crippen molar-refractivity contribution in [3.8, 4) is 0 Å². The second-order valence-corrected chi connectivity index (χ2v) is 5.78. The van der Waals surface area contributed by atoms with Crippen LogP contribution in [0.4, 0.5) is 4.79 Å². The topological polar surface area (TPSA) is 71.2 Å². The molecule has 22 heavy (non-hydrogen) atoms. The molecule has 1 N–H and O–H groups in total. The summed E-state index contributed by atoms with van der Waals surface area (Å²) >= 11 is 0. The predicted octanol–water partition coefficient (Wildman–Crippen LogP) is 2.94. The van der Waals surface area contributed by atoms with Crippen LogP contribution in [-0.4, -0.2) is 36.9 Å². The minimum Gasteiger partial charge on any atom is -0.465 e. The Hall–Kier alpha value is -2.37. The number of hydrogen-bond donors (Lipinski definition) is 1. The molecule has 0 spiro atoms. The van der Waals surface area contributed by atoms with Crippen LogP contribution in [0.2, 0.25) is 0 Å². The number of carbonyl (C=O) groups is 1. The molecule has 6 nitrogen and oxygen atoms in total. The van der Waals surface area contributed by atoms with Gasteiger partial charge in [-0.15, -0.1) is 10.2 Å². The lowest BCUT2D eigenvalue weighted by atomic mass is 9.89. The molecule has 2 atom stereocenters. The predicted molar refractivity (Wildman–Crippen MR) is 81.3 cm³/mol. The van der Waals surface area contributed by atoms with Crippen molar-refractivity contribution in [2.45, 2.75) is 44.3 Å². The molecule has 1 heterocycles. The fraction of sp³-hybridized carbons (Fsp3) is 0.438. The van der Waals surface area contributed by atoms with E-state index in [1.807, 2.05) is 34.9 Å². The minimum atomic E-state index is -0.849. The third-order valence-corrected chi connectivity index (χ3v) is 4.36. The maximum atomic E-state index is 11.7. The van der Waals surface area contributed by atoms with Crippen LogP contribution >= 0.6 is 0 Å². The van der Waals surface area contributed by atoms with Gasteiger partial charge < -0.3 is 14.6 Å². The van der Waals surface area contributed by atoms with E-state index in [2.05, 4.69) is 10.2 Å². The molecule has 6 heteroatoms. The number of amides is 1. The van der Waals surface area contributed by atoms with Gasteiger partial charge in [0.25, 0.3) is 0 Å². The number of carboxylic acid groups (broad SMARTS) is 1. The first-order valence-electron chi connectivity index (χ1n) is 7.61. The second kappa shape index (κ2) is 6.60. The van der Waals surface area contributed by atoms with Gasteiger partial charge in [0.05, 0.1) is 0 Å². The van der Waals surface area contributed by atoms with Gasteiger partial charge in [0.1, 0.15) is 12.7 Å². The van der Waals surface area contributed by atoms with E-state index >= 15 is 0 Å². The Bertz CT molecular complexity index is 600. The standard InChI is InChI=1S/C16H20N4O2/c21-16(22)20(10-13-5-2-1-3-6-13)15-8-4-7-14(9-15)19-11-17-18-12-19/h1-3,5-6,11-12,14-15H,4,7-10H2,(H,21,22). The summed E-state index contributed by atoms with van der Waals surface area (Å²) in [5, 5.41) is 17.3. The first-order valence-corrected chi connectivity index (χ1v) is 7.61. The molecule has 1 saturated carbocycles. The van der Waals surface area contributed by atoms with E-state index in [1.54, 1.807) is 17.6 Å². The highest BCUT2D eigenvalue weighted by Crippen LogP contribution is 2.31. The molecule has 2 aromatic rings. The second-order valence-electron chi connectivity index (χ2n) is 5.78. The highest BCUT2D eigenvalue weighted by Gasteiger charge is 2.30. The van der Waals surface area contributed by atoms with E-state index in [1.165, 1.54) is 0 Å². The normalized spacial score (nSPS) is 21.5. The van der Waals surface area contributed by atoms with Gasteiger partial charge >= 0.3 is 6.09 Å². The first kappa shape index (κ1) is 14.6. The fourth-order valence-electron chi connectivity index (χ4n) is 3.22. The zero-order chi connectivity index (χ0) is 15.4. The van der Waals surface area contributed by atoms with Crippen LogP contribution in [-0.2, 0) is 6.54 Å². The summed E-state index contributed by atoms with van der Waals surface area (Å²) in [6, 6.07) is 10.1. The summed E-state index contributed by atoms with van der Waals surface area (Å²) < 4.78 is 1.99. The highest BCUT2D eigenvalue weighted by atomic mass is 16.4. The van der Waals surface area contributed by atoms with Crippen LogP contribution in [0, 0.1) is 0 Å². The molecule has 1 fully saturated rings. The summed E-state index contributed by atoms with van der Waals surface area (Å²) in [5.41, 5.74) is 1.02. The van der Waals surface area contributed by atoms with Crippen molar-refractivity contribution in [3.05, 3.63) is 48.5 Å². The quantitative estimate of drug-likeness (QED) is 0.942. The van der Waals surface area contributed by atoms with Gasteiger partial charge in [-0.1, -0.05) is 30.3 Å². The van der Waals surface area contributed by atoms with Gasteiger partial charge in [0.15, 0.2) is 0 Å². The van der Waals surface area contributed by atoms with Crippen LogP contribution in [0.5, 0.6) is 0 Å². The molecule has 0 aliphatic heterocycles. The summed E-state index contributed by atoms with van der Waals surface area (Å²) in [6.45, 7) is 0.440. The van der Waals surface area contributed by atoms with Crippen LogP contribution in [0.15, 0.2) is 43.0 Å². The Labute approximate surface area is 129 Å². The van der Waals surface area contributed by atoms with E-state index in [4.69, 9.17) is 0 Å². The van der Waals surface area contributed by atoms with Gasteiger partial charge in [-0.3, -0.25) is 0 Å². The van der Waals surface area contributed by atoms with E-state index < -0.39 is 6.09 Å². The average molecular weight is 300 g/mol. The van der Waals surface area contributed by atoms with Crippen molar-refractivity contribution in [2.75, 3.05) is 0 Å². The minimum absolute atomic E-state index is 0.0406. The molecule has 0 bridgehead atoms. The third-order valence-electron chi connectivity index (χ3n) is 4.36. The molecule has 116 valence electrons. The molecule has 0 radical (unpaired) electrons. The lowest BCUT2D eigenvalue weighted by Gasteiger charge is -2.36. The van der Waals surface area contributed by atoms with Crippen molar-refractivity contribution < 1.29 is 9.90 Å². The zero-order valence-electron chi connectivity index (χ0n) is 12.4. The monoisotopic (exact) mass is 300 g/mol. The molecule has 1 aromatic heterocycles. The molecule has 3 rings (SSSR count). The zero-order valence-corrected chi connectivity index (χ0v) is 12.4. The van der Waals surface area contributed by atoms with E-state index in [0.717, 1.165) is 31.2 Å². The lowest BCUT2D eigenvalue weighted by molar-refractivity contribution is 0.0969. The molecule has 1 aromatic carbocycles. The molecule has 1 aliphatic carbocycles. The Morgan fingerprint density at radius 1 is 1.23 bits per heavy atom. The summed E-state index contributed by atoms with van der Waals surface area (Å²) in [7, 11) is 0. The number of benzene rings is 1. The summed E-state index contributed by atoms with van der Waals surface area (Å²) in [6.07, 6.45) is 6.39. The maximum absolute atomic E-state index is 11.7. The van der Waals surface area contributed by atoms with Gasteiger partial charge in [-0.2, -0.15) is 0 Å². The Balaban J connectivity index is 1.72. The maximum Gasteiger partial charge on any atom is 0.407 e. The Kier molecular flexibility index (Phi) is 4.37. The molecule has 1 amide bonds. The molecular weight excluding hydrogens is 280 g/mol. The van der Waals surface area contributed by atoms with Gasteiger partial charge in [0, 0.05) is 18.6 Å². The van der Waals surface area contributed by atoms with Crippen LogP contribution < -0.4 is 0 Å². The van der Waals surface area contributed by atoms with Crippen molar-refractivity contribution >= 4 is 6.09 Å². The van der Waals surface area contributed by atoms with Crippen LogP contribution in [0.3, 0.4) is 0 Å². The average Bonchev–Trinajstić information content (AvgIpc) is 3.08. The third kappa shape index (κ3) is 3.27. The lowest BCUT2D eigenvalue weighted by Crippen LogP contribution is -2.42. The Morgan fingerprint density at radius 2 is 1.95 bits per heavy atom. The van der Waals surface area contributed by atoms with Gasteiger partial charge in [0.2, 0.25) is 0 Å². The number of aromatic nitrogens is 3. The van der Waals surface area contributed by atoms with Crippen molar-refractivity contribution in [2.24, 2.45) is 0 Å². The smallest absolute Gasteiger partial charge is 0.407 e. The fourth-order valence-corrected chi connectivity index (χ4v) is 3.22. The van der Waals surface area contributed by atoms with Crippen LogP contribution in [0.25, 0.3) is 0 Å². The first-order chi connectivity index (χ1) is 10.7. The van der Waals surface area contributed by atoms with Crippen LogP contribution in [0.1, 0.15) is 37.3 Å². The molecule has 0 saturated heterocycles. The number of rotatable bonds is 4. The van der Waals surface area contributed by atoms with Crippen molar-refractivity contribution in [1.82, 2.24) is 19.7 Å². The highest BCUT2D eigenvalue weighted by molar-refractivity contribution is 5.65. The molecule has 1 aliphatic rings. The number of hydrogen-bond acceptors (Lipinski definition) is 3. The van der Waals surface area contributed by atoms with E-state index in [0.29, 0.717) is 6.54 Å². The number of nitrogens with zero attached hydrogens (tertiary/aromatic N) is 4. The summed E-state index contributed by atoms with van der Waals surface area (Å²) in [4.78, 5) is 13.3. The molecular formula is C16H20N4O2.